The minimum atomic E-state index is -0.232. The number of nitrogens with zero attached hydrogens (tertiary/aromatic N) is 3. The van der Waals surface area contributed by atoms with E-state index in [0.717, 1.165) is 62.7 Å². The van der Waals surface area contributed by atoms with E-state index in [1.165, 1.54) is 0 Å². The Kier molecular flexibility index (Phi) is 8.81. The second kappa shape index (κ2) is 10.3. The van der Waals surface area contributed by atoms with Crippen molar-refractivity contribution in [1.29, 1.82) is 0 Å². The van der Waals surface area contributed by atoms with E-state index in [1.54, 1.807) is 6.07 Å². The van der Waals surface area contributed by atoms with Gasteiger partial charge in [0.1, 0.15) is 0 Å². The second-order valence-electron chi connectivity index (χ2n) is 6.74. The lowest BCUT2D eigenvalue weighted by molar-refractivity contribution is -0.385. The Balaban J connectivity index is 2.57. The Labute approximate surface area is 140 Å². The van der Waals surface area contributed by atoms with E-state index < -0.39 is 0 Å². The normalized spacial score (nSPS) is 11.4. The predicted molar refractivity (Wildman–Crippen MR) is 96.1 cm³/mol. The monoisotopic (exact) mass is 321 g/mol. The van der Waals surface area contributed by atoms with Crippen molar-refractivity contribution in [3.8, 4) is 0 Å². The van der Waals surface area contributed by atoms with E-state index in [1.807, 2.05) is 20.2 Å². The van der Waals surface area contributed by atoms with Gasteiger partial charge in [-0.1, -0.05) is 12.1 Å². The number of nitro benzene ring substituents is 1. The van der Waals surface area contributed by atoms with Gasteiger partial charge < -0.3 is 9.80 Å². The van der Waals surface area contributed by atoms with Gasteiger partial charge in [-0.2, -0.15) is 0 Å². The molecule has 0 radical (unpaired) electrons. The number of hydrogen-bond acceptors (Lipinski definition) is 4. The summed E-state index contributed by atoms with van der Waals surface area (Å²) in [4.78, 5) is 15.4. The molecular weight excluding hydrogens is 290 g/mol. The van der Waals surface area contributed by atoms with Crippen molar-refractivity contribution in [2.24, 2.45) is 0 Å². The zero-order chi connectivity index (χ0) is 17.2. The van der Waals surface area contributed by atoms with Crippen LogP contribution in [0.3, 0.4) is 0 Å². The largest absolute Gasteiger partial charge is 0.309 e. The van der Waals surface area contributed by atoms with Gasteiger partial charge in [-0.15, -0.1) is 0 Å². The molecule has 5 nitrogen and oxygen atoms in total. The Bertz CT molecular complexity index is 487. The quantitative estimate of drug-likeness (QED) is 0.356. The van der Waals surface area contributed by atoms with Gasteiger partial charge in [0.2, 0.25) is 0 Å². The molecule has 23 heavy (non-hydrogen) atoms. The molecule has 5 heteroatoms. The minimum absolute atomic E-state index is 0.232. The van der Waals surface area contributed by atoms with Crippen LogP contribution >= 0.6 is 0 Å². The molecule has 0 saturated heterocycles. The van der Waals surface area contributed by atoms with E-state index in [2.05, 4.69) is 30.0 Å². The molecule has 0 N–H and O–H groups in total. The third kappa shape index (κ3) is 8.09. The molecule has 0 aliphatic carbocycles. The SMILES string of the molecule is CN(C)CCCCc1ccc(CCCCN(C)C)c([N+](=O)[O-])c1. The lowest BCUT2D eigenvalue weighted by Gasteiger charge is -2.10. The molecule has 0 fully saturated rings. The summed E-state index contributed by atoms with van der Waals surface area (Å²) in [6.07, 6.45) is 5.93. The molecule has 0 aromatic heterocycles. The van der Waals surface area contributed by atoms with Crippen molar-refractivity contribution in [3.05, 3.63) is 39.4 Å². The molecule has 0 aliphatic rings. The van der Waals surface area contributed by atoms with Gasteiger partial charge in [0.25, 0.3) is 5.69 Å². The molecule has 0 amide bonds. The number of benzene rings is 1. The lowest BCUT2D eigenvalue weighted by Crippen LogP contribution is -2.13. The Hall–Kier alpha value is -1.46. The fourth-order valence-corrected chi connectivity index (χ4v) is 2.65. The van der Waals surface area contributed by atoms with Crippen molar-refractivity contribution in [2.75, 3.05) is 41.3 Å². The van der Waals surface area contributed by atoms with E-state index in [9.17, 15) is 10.1 Å². The van der Waals surface area contributed by atoms with Crippen LogP contribution < -0.4 is 0 Å². The summed E-state index contributed by atoms with van der Waals surface area (Å²) >= 11 is 0. The van der Waals surface area contributed by atoms with Crippen LogP contribution in [-0.2, 0) is 12.8 Å². The maximum Gasteiger partial charge on any atom is 0.272 e. The highest BCUT2D eigenvalue weighted by molar-refractivity contribution is 5.43. The minimum Gasteiger partial charge on any atom is -0.309 e. The first kappa shape index (κ1) is 19.6. The summed E-state index contributed by atoms with van der Waals surface area (Å²) in [6.45, 7) is 2.09. The number of aryl methyl sites for hydroxylation is 2. The van der Waals surface area contributed by atoms with Gasteiger partial charge in [0, 0.05) is 11.6 Å². The summed E-state index contributed by atoms with van der Waals surface area (Å²) in [5.41, 5.74) is 2.23. The summed E-state index contributed by atoms with van der Waals surface area (Å²) < 4.78 is 0. The number of hydrogen-bond donors (Lipinski definition) is 0. The van der Waals surface area contributed by atoms with Gasteiger partial charge in [0.15, 0.2) is 0 Å². The van der Waals surface area contributed by atoms with Gasteiger partial charge in [0.05, 0.1) is 4.92 Å². The van der Waals surface area contributed by atoms with E-state index in [4.69, 9.17) is 0 Å². The molecular formula is C18H31N3O2. The van der Waals surface area contributed by atoms with Gasteiger partial charge >= 0.3 is 0 Å². The first-order valence-corrected chi connectivity index (χ1v) is 8.46. The molecule has 130 valence electrons. The molecule has 0 atom stereocenters. The van der Waals surface area contributed by atoms with Crippen LogP contribution in [0.5, 0.6) is 0 Å². The Morgan fingerprint density at radius 3 is 2.00 bits per heavy atom. The molecule has 0 heterocycles. The topological polar surface area (TPSA) is 49.6 Å². The number of rotatable bonds is 11. The number of unbranched alkanes of at least 4 members (excludes halogenated alkanes) is 2. The summed E-state index contributed by atoms with van der Waals surface area (Å²) in [6, 6.07) is 5.79. The molecule has 0 spiro atoms. The van der Waals surface area contributed by atoms with Crippen LogP contribution in [0.2, 0.25) is 0 Å². The van der Waals surface area contributed by atoms with Crippen molar-refractivity contribution in [2.45, 2.75) is 38.5 Å². The van der Waals surface area contributed by atoms with Crippen LogP contribution in [0.25, 0.3) is 0 Å². The number of nitro groups is 1. The van der Waals surface area contributed by atoms with Crippen molar-refractivity contribution < 1.29 is 4.92 Å². The maximum atomic E-state index is 11.3. The molecule has 0 bridgehead atoms. The smallest absolute Gasteiger partial charge is 0.272 e. The summed E-state index contributed by atoms with van der Waals surface area (Å²) in [5, 5.41) is 11.3. The standard InChI is InChI=1S/C18H31N3O2/c1-19(2)13-7-5-9-16-11-12-17(18(15-16)21(22)23)10-6-8-14-20(3)4/h11-12,15H,5-10,13-14H2,1-4H3. The van der Waals surface area contributed by atoms with Crippen LogP contribution in [0.1, 0.15) is 36.8 Å². The zero-order valence-electron chi connectivity index (χ0n) is 15.0. The summed E-state index contributed by atoms with van der Waals surface area (Å²) in [7, 11) is 8.23. The average Bonchev–Trinajstić information content (AvgIpc) is 2.48. The highest BCUT2D eigenvalue weighted by atomic mass is 16.6. The predicted octanol–water partition coefficient (Wildman–Crippen LogP) is 3.36. The molecule has 1 aromatic carbocycles. The zero-order valence-corrected chi connectivity index (χ0v) is 15.0. The second-order valence-corrected chi connectivity index (χ2v) is 6.74. The maximum absolute atomic E-state index is 11.3. The van der Waals surface area contributed by atoms with Crippen molar-refractivity contribution in [3.63, 3.8) is 0 Å². The first-order valence-electron chi connectivity index (χ1n) is 8.46. The third-order valence-electron chi connectivity index (χ3n) is 3.97. The Morgan fingerprint density at radius 1 is 0.913 bits per heavy atom. The highest BCUT2D eigenvalue weighted by Crippen LogP contribution is 2.23. The van der Waals surface area contributed by atoms with Crippen LogP contribution in [0.4, 0.5) is 5.69 Å². The van der Waals surface area contributed by atoms with Crippen LogP contribution in [0, 0.1) is 10.1 Å². The van der Waals surface area contributed by atoms with E-state index in [-0.39, 0.29) is 4.92 Å². The van der Waals surface area contributed by atoms with E-state index >= 15 is 0 Å². The third-order valence-corrected chi connectivity index (χ3v) is 3.97. The van der Waals surface area contributed by atoms with Crippen LogP contribution in [-0.4, -0.2) is 56.0 Å². The van der Waals surface area contributed by atoms with Gasteiger partial charge in [-0.05, 0) is 85.4 Å². The molecule has 1 aromatic rings. The molecule has 0 unspecified atom stereocenters. The van der Waals surface area contributed by atoms with Gasteiger partial charge in [-0.3, -0.25) is 10.1 Å². The molecule has 1 rings (SSSR count). The van der Waals surface area contributed by atoms with Crippen LogP contribution in [0.15, 0.2) is 18.2 Å². The average molecular weight is 321 g/mol. The van der Waals surface area contributed by atoms with Crippen molar-refractivity contribution >= 4 is 5.69 Å². The molecule has 0 aliphatic heterocycles. The fraction of sp³-hybridized carbons (Fsp3) is 0.667. The van der Waals surface area contributed by atoms with E-state index in [0.29, 0.717) is 5.69 Å². The lowest BCUT2D eigenvalue weighted by atomic mass is 10.0. The molecule has 0 saturated carbocycles. The first-order chi connectivity index (χ1) is 10.9. The fourth-order valence-electron chi connectivity index (χ4n) is 2.65. The highest BCUT2D eigenvalue weighted by Gasteiger charge is 2.14. The van der Waals surface area contributed by atoms with Gasteiger partial charge in [-0.25, -0.2) is 0 Å². The Morgan fingerprint density at radius 2 is 1.48 bits per heavy atom. The van der Waals surface area contributed by atoms with Crippen molar-refractivity contribution in [1.82, 2.24) is 9.80 Å². The summed E-state index contributed by atoms with van der Waals surface area (Å²) in [5.74, 6) is 0.